The number of hydrogen-bond donors (Lipinski definition) is 0. The maximum Gasteiger partial charge on any atom is 0.333 e. The summed E-state index contributed by atoms with van der Waals surface area (Å²) in [6.07, 6.45) is 3.20. The van der Waals surface area contributed by atoms with E-state index in [1.165, 1.54) is 7.05 Å². The monoisotopic (exact) mass is 409 g/mol. The number of fused-ring (bicyclic) bond motifs is 2. The van der Waals surface area contributed by atoms with Crippen molar-refractivity contribution in [3.8, 4) is 11.5 Å². The van der Waals surface area contributed by atoms with E-state index in [9.17, 15) is 14.4 Å². The highest BCUT2D eigenvalue weighted by molar-refractivity contribution is 5.83. The van der Waals surface area contributed by atoms with Crippen molar-refractivity contribution in [1.29, 1.82) is 0 Å². The van der Waals surface area contributed by atoms with Crippen LogP contribution in [0.2, 0.25) is 0 Å². The third-order valence-electron chi connectivity index (χ3n) is 4.59. The number of aromatic nitrogens is 5. The Labute approximate surface area is 169 Å². The second kappa shape index (κ2) is 7.90. The molecule has 10 heteroatoms. The van der Waals surface area contributed by atoms with Crippen molar-refractivity contribution < 1.29 is 13.9 Å². The number of pyridine rings is 1. The molecule has 0 fully saturated rings. The van der Waals surface area contributed by atoms with Crippen molar-refractivity contribution in [2.45, 2.75) is 26.3 Å². The molecule has 0 N–H and O–H groups in total. The first kappa shape index (κ1) is 19.5. The van der Waals surface area contributed by atoms with Gasteiger partial charge in [-0.2, -0.15) is 4.98 Å². The van der Waals surface area contributed by atoms with Gasteiger partial charge in [0.1, 0.15) is 17.8 Å². The highest BCUT2D eigenvalue weighted by Crippen LogP contribution is 2.24. The molecule has 0 saturated heterocycles. The van der Waals surface area contributed by atoms with Gasteiger partial charge in [0, 0.05) is 19.3 Å². The van der Waals surface area contributed by atoms with Crippen LogP contribution in [-0.2, 0) is 23.1 Å². The molecule has 0 amide bonds. The highest BCUT2D eigenvalue weighted by Gasteiger charge is 2.19. The highest BCUT2D eigenvalue weighted by atomic mass is 16.5. The lowest BCUT2D eigenvalue weighted by molar-refractivity contribution is -0.144. The molecule has 0 aliphatic heterocycles. The Morgan fingerprint density at radius 1 is 1.23 bits per heavy atom. The number of carbonyl (C=O) groups excluding carboxylic acids is 1. The van der Waals surface area contributed by atoms with Crippen LogP contribution in [-0.4, -0.2) is 36.7 Å². The lowest BCUT2D eigenvalue weighted by atomic mass is 10.3. The Bertz CT molecular complexity index is 1350. The van der Waals surface area contributed by atoms with Crippen LogP contribution in [0.5, 0.6) is 0 Å². The standard InChI is InChI=1S/C20H19N5O5/c1-3-4-9-29-15(26)11-25-19(27)16-17(24(2)20(25)28)23-18-13(22-16)10-14(30-18)12-7-5-6-8-21-12/h5-8,10H,3-4,9,11H2,1-2H3. The van der Waals surface area contributed by atoms with Crippen LogP contribution in [0.1, 0.15) is 19.8 Å². The van der Waals surface area contributed by atoms with Crippen LogP contribution in [0.15, 0.2) is 44.5 Å². The Hall–Kier alpha value is -3.82. The third kappa shape index (κ3) is 3.47. The van der Waals surface area contributed by atoms with E-state index in [2.05, 4.69) is 15.0 Å². The molecule has 4 heterocycles. The minimum atomic E-state index is -0.712. The van der Waals surface area contributed by atoms with Crippen molar-refractivity contribution in [1.82, 2.24) is 24.1 Å². The molecule has 0 unspecified atom stereocenters. The summed E-state index contributed by atoms with van der Waals surface area (Å²) in [5, 5.41) is 0. The molecule has 0 aromatic carbocycles. The first-order valence-electron chi connectivity index (χ1n) is 9.47. The van der Waals surface area contributed by atoms with E-state index in [0.717, 1.165) is 15.6 Å². The quantitative estimate of drug-likeness (QED) is 0.348. The Kier molecular flexibility index (Phi) is 5.13. The molecule has 4 aromatic rings. The molecule has 0 saturated carbocycles. The number of aryl methyl sites for hydroxylation is 1. The van der Waals surface area contributed by atoms with Crippen LogP contribution in [0.4, 0.5) is 0 Å². The minimum Gasteiger partial charge on any atom is -0.464 e. The van der Waals surface area contributed by atoms with Crippen molar-refractivity contribution in [2.75, 3.05) is 6.61 Å². The fourth-order valence-corrected chi connectivity index (χ4v) is 2.99. The van der Waals surface area contributed by atoms with E-state index < -0.39 is 23.8 Å². The maximum absolute atomic E-state index is 12.9. The van der Waals surface area contributed by atoms with Gasteiger partial charge in [-0.15, -0.1) is 0 Å². The van der Waals surface area contributed by atoms with Crippen molar-refractivity contribution in [2.24, 2.45) is 7.05 Å². The number of carbonyl (C=O) groups is 1. The molecule has 0 bridgehead atoms. The smallest absolute Gasteiger partial charge is 0.333 e. The summed E-state index contributed by atoms with van der Waals surface area (Å²) in [6, 6.07) is 6.99. The van der Waals surface area contributed by atoms with Crippen LogP contribution in [0, 0.1) is 0 Å². The third-order valence-corrected chi connectivity index (χ3v) is 4.59. The first-order chi connectivity index (χ1) is 14.5. The van der Waals surface area contributed by atoms with E-state index in [4.69, 9.17) is 9.15 Å². The second-order valence-electron chi connectivity index (χ2n) is 6.72. The molecule has 0 aliphatic carbocycles. The number of esters is 1. The Morgan fingerprint density at radius 3 is 2.80 bits per heavy atom. The van der Waals surface area contributed by atoms with Gasteiger partial charge < -0.3 is 9.15 Å². The van der Waals surface area contributed by atoms with E-state index in [0.29, 0.717) is 23.4 Å². The normalized spacial score (nSPS) is 11.3. The number of rotatable bonds is 6. The van der Waals surface area contributed by atoms with E-state index in [1.54, 1.807) is 24.4 Å². The van der Waals surface area contributed by atoms with Gasteiger partial charge in [-0.25, -0.2) is 14.3 Å². The van der Waals surface area contributed by atoms with Gasteiger partial charge in [0.15, 0.2) is 16.9 Å². The van der Waals surface area contributed by atoms with Crippen LogP contribution < -0.4 is 11.2 Å². The van der Waals surface area contributed by atoms with Crippen molar-refractivity contribution >= 4 is 28.4 Å². The van der Waals surface area contributed by atoms with Crippen molar-refractivity contribution in [3.63, 3.8) is 0 Å². The van der Waals surface area contributed by atoms with Crippen LogP contribution in [0.25, 0.3) is 33.8 Å². The van der Waals surface area contributed by atoms with E-state index in [1.807, 2.05) is 13.0 Å². The Balaban J connectivity index is 1.80. The molecule has 10 nitrogen and oxygen atoms in total. The average Bonchev–Trinajstić information content (AvgIpc) is 3.18. The predicted octanol–water partition coefficient (Wildman–Crippen LogP) is 1.64. The van der Waals surface area contributed by atoms with Gasteiger partial charge in [-0.1, -0.05) is 19.4 Å². The SMILES string of the molecule is CCCCOC(=O)Cn1c(=O)c2nc3cc(-c4ccccn4)oc3nc2n(C)c1=O. The molecule has 0 spiro atoms. The zero-order valence-electron chi connectivity index (χ0n) is 16.5. The predicted molar refractivity (Wildman–Crippen MR) is 108 cm³/mol. The molecule has 0 aliphatic rings. The molecule has 0 radical (unpaired) electrons. The van der Waals surface area contributed by atoms with E-state index >= 15 is 0 Å². The Morgan fingerprint density at radius 2 is 2.07 bits per heavy atom. The van der Waals surface area contributed by atoms with Gasteiger partial charge in [0.2, 0.25) is 5.71 Å². The van der Waals surface area contributed by atoms with Gasteiger partial charge >= 0.3 is 11.7 Å². The van der Waals surface area contributed by atoms with Crippen LogP contribution >= 0.6 is 0 Å². The molecular weight excluding hydrogens is 390 g/mol. The molecule has 4 rings (SSSR count). The number of furan rings is 1. The van der Waals surface area contributed by atoms with Gasteiger partial charge in [0.25, 0.3) is 5.56 Å². The molecule has 4 aromatic heterocycles. The fourth-order valence-electron chi connectivity index (χ4n) is 2.99. The number of hydrogen-bond acceptors (Lipinski definition) is 8. The first-order valence-corrected chi connectivity index (χ1v) is 9.47. The molecule has 0 atom stereocenters. The summed E-state index contributed by atoms with van der Waals surface area (Å²) in [7, 11) is 1.45. The number of nitrogens with zero attached hydrogens (tertiary/aromatic N) is 5. The average molecular weight is 409 g/mol. The van der Waals surface area contributed by atoms with Crippen molar-refractivity contribution in [3.05, 3.63) is 51.3 Å². The van der Waals surface area contributed by atoms with Gasteiger partial charge in [0.05, 0.1) is 6.61 Å². The summed E-state index contributed by atoms with van der Waals surface area (Å²) in [4.78, 5) is 50.4. The van der Waals surface area contributed by atoms with Gasteiger partial charge in [-0.05, 0) is 18.6 Å². The minimum absolute atomic E-state index is 0.0423. The van der Waals surface area contributed by atoms with Crippen LogP contribution in [0.3, 0.4) is 0 Å². The summed E-state index contributed by atoms with van der Waals surface area (Å²) in [5.41, 5.74) is -0.275. The summed E-state index contributed by atoms with van der Waals surface area (Å²) in [6.45, 7) is 1.71. The molecular formula is C20H19N5O5. The van der Waals surface area contributed by atoms with Gasteiger partial charge in [-0.3, -0.25) is 19.1 Å². The maximum atomic E-state index is 12.9. The largest absolute Gasteiger partial charge is 0.464 e. The van der Waals surface area contributed by atoms with E-state index in [-0.39, 0.29) is 23.5 Å². The topological polar surface area (TPSA) is 122 Å². The fraction of sp³-hybridized carbons (Fsp3) is 0.300. The zero-order chi connectivity index (χ0) is 21.3. The lowest BCUT2D eigenvalue weighted by Crippen LogP contribution is -2.41. The zero-order valence-corrected chi connectivity index (χ0v) is 16.5. The number of ether oxygens (including phenoxy) is 1. The summed E-state index contributed by atoms with van der Waals surface area (Å²) in [5.74, 6) is -0.220. The summed E-state index contributed by atoms with van der Waals surface area (Å²) >= 11 is 0. The second-order valence-corrected chi connectivity index (χ2v) is 6.72. The molecule has 30 heavy (non-hydrogen) atoms. The summed E-state index contributed by atoms with van der Waals surface area (Å²) < 4.78 is 12.7. The molecule has 154 valence electrons. The lowest BCUT2D eigenvalue weighted by Gasteiger charge is -2.09. The number of unbranched alkanes of at least 4 members (excludes halogenated alkanes) is 1.